The molecule has 104 valence electrons. The van der Waals surface area contributed by atoms with E-state index in [0.29, 0.717) is 12.1 Å². The Balaban J connectivity index is 2.80. The van der Waals surface area contributed by atoms with E-state index in [2.05, 4.69) is 10.1 Å². The third kappa shape index (κ3) is 4.17. The van der Waals surface area contributed by atoms with Crippen molar-refractivity contribution in [2.24, 2.45) is 0 Å². The van der Waals surface area contributed by atoms with Gasteiger partial charge in [-0.15, -0.1) is 0 Å². The van der Waals surface area contributed by atoms with Crippen molar-refractivity contribution in [3.8, 4) is 5.75 Å². The quantitative estimate of drug-likeness (QED) is 0.646. The predicted molar refractivity (Wildman–Crippen MR) is 69.3 cm³/mol. The summed E-state index contributed by atoms with van der Waals surface area (Å²) in [7, 11) is 1.21. The van der Waals surface area contributed by atoms with Gasteiger partial charge in [-0.3, -0.25) is 5.32 Å². The molecule has 0 saturated heterocycles. The molecular formula is C13H17NO5. The molecule has 6 heteroatoms. The Bertz CT molecular complexity index is 472. The summed E-state index contributed by atoms with van der Waals surface area (Å²) in [5, 5.41) is 12.0. The van der Waals surface area contributed by atoms with Gasteiger partial charge in [0.15, 0.2) is 0 Å². The Morgan fingerprint density at radius 1 is 1.42 bits per heavy atom. The van der Waals surface area contributed by atoms with Gasteiger partial charge < -0.3 is 14.6 Å². The minimum Gasteiger partial charge on any atom is -0.507 e. The minimum absolute atomic E-state index is 0.0242. The third-order valence-corrected chi connectivity index (χ3v) is 2.53. The Hall–Kier alpha value is -2.24. The molecule has 1 aromatic carbocycles. The number of amides is 1. The van der Waals surface area contributed by atoms with E-state index in [9.17, 15) is 14.7 Å². The smallest absolute Gasteiger partial charge is 0.411 e. The molecule has 0 aliphatic heterocycles. The summed E-state index contributed by atoms with van der Waals surface area (Å²) in [5.41, 5.74) is 0.315. The molecule has 0 aliphatic rings. The Morgan fingerprint density at radius 3 is 2.68 bits per heavy atom. The third-order valence-electron chi connectivity index (χ3n) is 2.53. The molecule has 0 spiro atoms. The molecule has 2 N–H and O–H groups in total. The monoisotopic (exact) mass is 267 g/mol. The molecule has 0 aliphatic carbocycles. The van der Waals surface area contributed by atoms with Crippen LogP contribution in [0.3, 0.4) is 0 Å². The number of phenols is 1. The standard InChI is InChI=1S/C13H17NO5/c1-4-8(2)19-13(17)14-9-5-6-11(15)10(7-9)12(16)18-3/h5-8,15H,4H2,1-3H3,(H,14,17). The van der Waals surface area contributed by atoms with Crippen LogP contribution >= 0.6 is 0 Å². The highest BCUT2D eigenvalue weighted by molar-refractivity contribution is 5.95. The van der Waals surface area contributed by atoms with E-state index in [1.54, 1.807) is 6.92 Å². The van der Waals surface area contributed by atoms with Crippen LogP contribution in [-0.2, 0) is 9.47 Å². The van der Waals surface area contributed by atoms with Crippen molar-refractivity contribution in [1.82, 2.24) is 0 Å². The molecule has 0 fully saturated rings. The number of anilines is 1. The van der Waals surface area contributed by atoms with Gasteiger partial charge in [-0.1, -0.05) is 6.92 Å². The van der Waals surface area contributed by atoms with Crippen LogP contribution in [0.5, 0.6) is 5.75 Å². The minimum atomic E-state index is -0.684. The van der Waals surface area contributed by atoms with E-state index in [4.69, 9.17) is 4.74 Å². The van der Waals surface area contributed by atoms with Crippen molar-refractivity contribution in [3.63, 3.8) is 0 Å². The lowest BCUT2D eigenvalue weighted by molar-refractivity contribution is 0.0597. The van der Waals surface area contributed by atoms with Gasteiger partial charge in [0.05, 0.1) is 7.11 Å². The van der Waals surface area contributed by atoms with Gasteiger partial charge in [0.25, 0.3) is 0 Å². The normalized spacial score (nSPS) is 11.5. The van der Waals surface area contributed by atoms with Crippen LogP contribution in [0.1, 0.15) is 30.6 Å². The second-order valence-corrected chi connectivity index (χ2v) is 3.97. The highest BCUT2D eigenvalue weighted by Crippen LogP contribution is 2.22. The van der Waals surface area contributed by atoms with Gasteiger partial charge in [0.1, 0.15) is 17.4 Å². The number of esters is 1. The van der Waals surface area contributed by atoms with Crippen LogP contribution in [0.2, 0.25) is 0 Å². The molecular weight excluding hydrogens is 250 g/mol. The van der Waals surface area contributed by atoms with Crippen molar-refractivity contribution in [3.05, 3.63) is 23.8 Å². The number of carbonyl (C=O) groups is 2. The first-order valence-corrected chi connectivity index (χ1v) is 5.86. The van der Waals surface area contributed by atoms with E-state index in [1.165, 1.54) is 25.3 Å². The number of phenolic OH excluding ortho intramolecular Hbond substituents is 1. The van der Waals surface area contributed by atoms with E-state index < -0.39 is 12.1 Å². The molecule has 0 radical (unpaired) electrons. The zero-order chi connectivity index (χ0) is 14.4. The van der Waals surface area contributed by atoms with Crippen LogP contribution in [0.25, 0.3) is 0 Å². The molecule has 19 heavy (non-hydrogen) atoms. The van der Waals surface area contributed by atoms with E-state index >= 15 is 0 Å². The lowest BCUT2D eigenvalue weighted by Crippen LogP contribution is -2.19. The predicted octanol–water partition coefficient (Wildman–Crippen LogP) is 2.53. The second kappa shape index (κ2) is 6.63. The Morgan fingerprint density at radius 2 is 2.11 bits per heavy atom. The van der Waals surface area contributed by atoms with Crippen LogP contribution in [-0.4, -0.2) is 30.4 Å². The summed E-state index contributed by atoms with van der Waals surface area (Å²) in [6.07, 6.45) is -0.107. The molecule has 0 bridgehead atoms. The van der Waals surface area contributed by atoms with E-state index in [0.717, 1.165) is 0 Å². The molecule has 1 rings (SSSR count). The fraction of sp³-hybridized carbons (Fsp3) is 0.385. The van der Waals surface area contributed by atoms with Gasteiger partial charge in [0, 0.05) is 5.69 Å². The number of methoxy groups -OCH3 is 1. The SMILES string of the molecule is CCC(C)OC(=O)Nc1ccc(O)c(C(=O)OC)c1. The molecule has 1 amide bonds. The van der Waals surface area contributed by atoms with Crippen molar-refractivity contribution >= 4 is 17.7 Å². The molecule has 6 nitrogen and oxygen atoms in total. The van der Waals surface area contributed by atoms with Gasteiger partial charge >= 0.3 is 12.1 Å². The number of aromatic hydroxyl groups is 1. The number of benzene rings is 1. The van der Waals surface area contributed by atoms with Crippen LogP contribution in [0.4, 0.5) is 10.5 Å². The zero-order valence-corrected chi connectivity index (χ0v) is 11.1. The maximum Gasteiger partial charge on any atom is 0.411 e. The van der Waals surface area contributed by atoms with Gasteiger partial charge in [-0.25, -0.2) is 9.59 Å². The highest BCUT2D eigenvalue weighted by Gasteiger charge is 2.14. The first kappa shape index (κ1) is 14.8. The van der Waals surface area contributed by atoms with Crippen LogP contribution < -0.4 is 5.32 Å². The van der Waals surface area contributed by atoms with Crippen molar-refractivity contribution < 1.29 is 24.2 Å². The van der Waals surface area contributed by atoms with Gasteiger partial charge in [-0.05, 0) is 31.5 Å². The van der Waals surface area contributed by atoms with Crippen molar-refractivity contribution in [1.29, 1.82) is 0 Å². The second-order valence-electron chi connectivity index (χ2n) is 3.97. The maximum absolute atomic E-state index is 11.5. The highest BCUT2D eigenvalue weighted by atomic mass is 16.6. The maximum atomic E-state index is 11.5. The largest absolute Gasteiger partial charge is 0.507 e. The number of rotatable bonds is 4. The van der Waals surface area contributed by atoms with Crippen LogP contribution in [0.15, 0.2) is 18.2 Å². The van der Waals surface area contributed by atoms with Gasteiger partial charge in [0.2, 0.25) is 0 Å². The topological polar surface area (TPSA) is 84.9 Å². The first-order chi connectivity index (χ1) is 8.97. The number of nitrogens with one attached hydrogen (secondary N) is 1. The number of ether oxygens (including phenoxy) is 2. The fourth-order valence-electron chi connectivity index (χ4n) is 1.30. The van der Waals surface area contributed by atoms with Gasteiger partial charge in [-0.2, -0.15) is 0 Å². The Kier molecular flexibility index (Phi) is 5.17. The number of carbonyl (C=O) groups excluding carboxylic acids is 2. The molecule has 1 aromatic rings. The summed E-state index contributed by atoms with van der Waals surface area (Å²) in [4.78, 5) is 22.9. The molecule has 0 saturated carbocycles. The zero-order valence-electron chi connectivity index (χ0n) is 11.1. The first-order valence-electron chi connectivity index (χ1n) is 5.86. The summed E-state index contributed by atoms with van der Waals surface area (Å²) < 4.78 is 9.55. The summed E-state index contributed by atoms with van der Waals surface area (Å²) in [5.74, 6) is -0.899. The summed E-state index contributed by atoms with van der Waals surface area (Å²) >= 11 is 0. The van der Waals surface area contributed by atoms with Crippen molar-refractivity contribution in [2.75, 3.05) is 12.4 Å². The Labute approximate surface area is 111 Å². The lowest BCUT2D eigenvalue weighted by atomic mass is 10.2. The fourth-order valence-corrected chi connectivity index (χ4v) is 1.30. The lowest BCUT2D eigenvalue weighted by Gasteiger charge is -2.12. The molecule has 0 heterocycles. The summed E-state index contributed by atoms with van der Waals surface area (Å²) in [6.45, 7) is 3.67. The molecule has 1 unspecified atom stereocenters. The number of hydrogen-bond donors (Lipinski definition) is 2. The van der Waals surface area contributed by atoms with Crippen LogP contribution in [0, 0.1) is 0 Å². The average Bonchev–Trinajstić information content (AvgIpc) is 2.39. The summed E-state index contributed by atoms with van der Waals surface area (Å²) in [6, 6.07) is 4.07. The van der Waals surface area contributed by atoms with Crippen molar-refractivity contribution in [2.45, 2.75) is 26.4 Å². The molecule has 0 aromatic heterocycles. The number of hydrogen-bond acceptors (Lipinski definition) is 5. The van der Waals surface area contributed by atoms with E-state index in [-0.39, 0.29) is 17.4 Å². The average molecular weight is 267 g/mol. The molecule has 1 atom stereocenters. The van der Waals surface area contributed by atoms with E-state index in [1.807, 2.05) is 6.92 Å².